The summed E-state index contributed by atoms with van der Waals surface area (Å²) in [6, 6.07) is 0.0983. The Labute approximate surface area is 95.9 Å². The average Bonchev–Trinajstić information content (AvgIpc) is 2.16. The number of amides is 2. The lowest BCUT2D eigenvalue weighted by Gasteiger charge is -2.29. The topological polar surface area (TPSA) is 98.2 Å². The molecule has 2 amide bonds. The van der Waals surface area contributed by atoms with Crippen molar-refractivity contribution in [1.29, 1.82) is 0 Å². The highest BCUT2D eigenvalue weighted by molar-refractivity contribution is 5.90. The summed E-state index contributed by atoms with van der Waals surface area (Å²) < 4.78 is 0. The van der Waals surface area contributed by atoms with Gasteiger partial charge in [-0.25, -0.2) is 0 Å². The van der Waals surface area contributed by atoms with E-state index < -0.39 is 11.4 Å². The van der Waals surface area contributed by atoms with Crippen molar-refractivity contribution in [1.82, 2.24) is 5.32 Å². The molecule has 16 heavy (non-hydrogen) atoms. The summed E-state index contributed by atoms with van der Waals surface area (Å²) in [5, 5.41) is 2.68. The van der Waals surface area contributed by atoms with Gasteiger partial charge in [-0.3, -0.25) is 9.59 Å². The molecule has 1 fully saturated rings. The SMILES string of the molecule is CC(C)(NC(=O)C1CCCC(N)C1)C(N)=O. The fourth-order valence-corrected chi connectivity index (χ4v) is 1.94. The minimum absolute atomic E-state index is 0.0811. The minimum atomic E-state index is -0.987. The van der Waals surface area contributed by atoms with Crippen molar-refractivity contribution < 1.29 is 9.59 Å². The second-order valence-electron chi connectivity index (χ2n) is 5.10. The number of nitrogens with one attached hydrogen (secondary N) is 1. The van der Waals surface area contributed by atoms with Gasteiger partial charge in [-0.2, -0.15) is 0 Å². The molecular formula is C11H21N3O2. The van der Waals surface area contributed by atoms with E-state index in [0.717, 1.165) is 19.3 Å². The summed E-state index contributed by atoms with van der Waals surface area (Å²) in [4.78, 5) is 23.0. The first-order chi connectivity index (χ1) is 7.33. The van der Waals surface area contributed by atoms with Gasteiger partial charge in [0, 0.05) is 12.0 Å². The van der Waals surface area contributed by atoms with Crippen LogP contribution in [0.25, 0.3) is 0 Å². The van der Waals surface area contributed by atoms with Gasteiger partial charge in [0.1, 0.15) is 5.54 Å². The van der Waals surface area contributed by atoms with Crippen LogP contribution in [0.3, 0.4) is 0 Å². The number of carbonyl (C=O) groups is 2. The Kier molecular flexibility index (Phi) is 3.91. The van der Waals surface area contributed by atoms with E-state index in [2.05, 4.69) is 5.32 Å². The Morgan fingerprint density at radius 3 is 2.44 bits per heavy atom. The number of hydrogen-bond donors (Lipinski definition) is 3. The average molecular weight is 227 g/mol. The van der Waals surface area contributed by atoms with Crippen molar-refractivity contribution in [2.24, 2.45) is 17.4 Å². The lowest BCUT2D eigenvalue weighted by molar-refractivity contribution is -0.133. The zero-order chi connectivity index (χ0) is 12.3. The molecule has 0 aromatic rings. The maximum atomic E-state index is 11.9. The van der Waals surface area contributed by atoms with Gasteiger partial charge in [0.2, 0.25) is 11.8 Å². The van der Waals surface area contributed by atoms with Crippen molar-refractivity contribution in [3.8, 4) is 0 Å². The molecule has 0 aliphatic heterocycles. The molecule has 5 nitrogen and oxygen atoms in total. The van der Waals surface area contributed by atoms with Crippen molar-refractivity contribution in [3.63, 3.8) is 0 Å². The second kappa shape index (κ2) is 4.82. The van der Waals surface area contributed by atoms with E-state index in [1.165, 1.54) is 0 Å². The Morgan fingerprint density at radius 1 is 1.31 bits per heavy atom. The summed E-state index contributed by atoms with van der Waals surface area (Å²) in [5.41, 5.74) is 10.0. The van der Waals surface area contributed by atoms with E-state index in [4.69, 9.17) is 11.5 Å². The van der Waals surface area contributed by atoms with Crippen LogP contribution in [-0.4, -0.2) is 23.4 Å². The van der Waals surface area contributed by atoms with E-state index in [0.29, 0.717) is 6.42 Å². The maximum Gasteiger partial charge on any atom is 0.242 e. The number of rotatable bonds is 3. The van der Waals surface area contributed by atoms with Gasteiger partial charge in [0.15, 0.2) is 0 Å². The zero-order valence-electron chi connectivity index (χ0n) is 9.95. The molecule has 0 aromatic carbocycles. The Bertz CT molecular complexity index is 289. The molecule has 1 saturated carbocycles. The first-order valence-corrected chi connectivity index (χ1v) is 5.70. The summed E-state index contributed by atoms with van der Waals surface area (Å²) in [6.07, 6.45) is 3.48. The summed E-state index contributed by atoms with van der Waals surface area (Å²) in [6.45, 7) is 3.21. The van der Waals surface area contributed by atoms with Crippen LogP contribution >= 0.6 is 0 Å². The molecule has 0 heterocycles. The van der Waals surface area contributed by atoms with Crippen LogP contribution in [0.2, 0.25) is 0 Å². The maximum absolute atomic E-state index is 11.9. The van der Waals surface area contributed by atoms with Crippen LogP contribution < -0.4 is 16.8 Å². The summed E-state index contributed by atoms with van der Waals surface area (Å²) >= 11 is 0. The van der Waals surface area contributed by atoms with E-state index >= 15 is 0 Å². The highest BCUT2D eigenvalue weighted by Crippen LogP contribution is 2.23. The monoisotopic (exact) mass is 227 g/mol. The number of primary amides is 1. The third-order valence-corrected chi connectivity index (χ3v) is 3.14. The minimum Gasteiger partial charge on any atom is -0.368 e. The van der Waals surface area contributed by atoms with Gasteiger partial charge in [-0.05, 0) is 33.1 Å². The Morgan fingerprint density at radius 2 is 1.94 bits per heavy atom. The van der Waals surface area contributed by atoms with Crippen molar-refractivity contribution in [3.05, 3.63) is 0 Å². The molecule has 0 saturated heterocycles. The van der Waals surface area contributed by atoms with Crippen LogP contribution in [0.4, 0.5) is 0 Å². The van der Waals surface area contributed by atoms with Gasteiger partial charge in [-0.1, -0.05) is 6.42 Å². The van der Waals surface area contributed by atoms with Crippen LogP contribution in [0.1, 0.15) is 39.5 Å². The molecule has 0 aromatic heterocycles. The fourth-order valence-electron chi connectivity index (χ4n) is 1.94. The normalized spacial score (nSPS) is 26.2. The number of carbonyl (C=O) groups excluding carboxylic acids is 2. The molecule has 0 spiro atoms. The Hall–Kier alpha value is -1.10. The highest BCUT2D eigenvalue weighted by atomic mass is 16.2. The van der Waals surface area contributed by atoms with E-state index in [9.17, 15) is 9.59 Å². The predicted octanol–water partition coefficient (Wildman–Crippen LogP) is -0.116. The zero-order valence-corrected chi connectivity index (χ0v) is 9.95. The molecule has 0 bridgehead atoms. The van der Waals surface area contributed by atoms with Gasteiger partial charge in [0.25, 0.3) is 0 Å². The predicted molar refractivity (Wildman–Crippen MR) is 61.3 cm³/mol. The van der Waals surface area contributed by atoms with Crippen LogP contribution in [0.15, 0.2) is 0 Å². The van der Waals surface area contributed by atoms with Crippen LogP contribution in [0, 0.1) is 5.92 Å². The third kappa shape index (κ3) is 3.20. The lowest BCUT2D eigenvalue weighted by Crippen LogP contribution is -2.55. The smallest absolute Gasteiger partial charge is 0.242 e. The summed E-state index contributed by atoms with van der Waals surface area (Å²) in [5.74, 6) is -0.720. The first kappa shape index (κ1) is 13.0. The molecule has 1 aliphatic rings. The molecule has 5 N–H and O–H groups in total. The molecule has 1 rings (SSSR count). The standard InChI is InChI=1S/C11H21N3O2/c1-11(2,10(13)16)14-9(15)7-4-3-5-8(12)6-7/h7-8H,3-6,12H2,1-2H3,(H2,13,16)(H,14,15). The van der Waals surface area contributed by atoms with Crippen molar-refractivity contribution >= 4 is 11.8 Å². The van der Waals surface area contributed by atoms with Crippen LogP contribution in [-0.2, 0) is 9.59 Å². The summed E-state index contributed by atoms with van der Waals surface area (Å²) in [7, 11) is 0. The first-order valence-electron chi connectivity index (χ1n) is 5.70. The fraction of sp³-hybridized carbons (Fsp3) is 0.818. The molecular weight excluding hydrogens is 206 g/mol. The molecule has 0 radical (unpaired) electrons. The van der Waals surface area contributed by atoms with Crippen molar-refractivity contribution in [2.45, 2.75) is 51.1 Å². The molecule has 5 heteroatoms. The van der Waals surface area contributed by atoms with E-state index in [-0.39, 0.29) is 17.9 Å². The van der Waals surface area contributed by atoms with E-state index in [1.54, 1.807) is 13.8 Å². The largest absolute Gasteiger partial charge is 0.368 e. The van der Waals surface area contributed by atoms with Crippen molar-refractivity contribution in [2.75, 3.05) is 0 Å². The van der Waals surface area contributed by atoms with Gasteiger partial charge in [-0.15, -0.1) is 0 Å². The van der Waals surface area contributed by atoms with Gasteiger partial charge < -0.3 is 16.8 Å². The number of hydrogen-bond acceptors (Lipinski definition) is 3. The van der Waals surface area contributed by atoms with Gasteiger partial charge in [0.05, 0.1) is 0 Å². The second-order valence-corrected chi connectivity index (χ2v) is 5.10. The number of nitrogens with two attached hydrogens (primary N) is 2. The lowest BCUT2D eigenvalue weighted by atomic mass is 9.85. The Balaban J connectivity index is 2.55. The molecule has 1 aliphatic carbocycles. The molecule has 2 atom stereocenters. The molecule has 92 valence electrons. The third-order valence-electron chi connectivity index (χ3n) is 3.14. The van der Waals surface area contributed by atoms with E-state index in [1.807, 2.05) is 0 Å². The molecule has 2 unspecified atom stereocenters. The van der Waals surface area contributed by atoms with Crippen LogP contribution in [0.5, 0.6) is 0 Å². The van der Waals surface area contributed by atoms with Gasteiger partial charge >= 0.3 is 0 Å². The highest BCUT2D eigenvalue weighted by Gasteiger charge is 2.32. The quantitative estimate of drug-likeness (QED) is 0.627.